The Kier molecular flexibility index (Phi) is 3.71. The van der Waals surface area contributed by atoms with Crippen molar-refractivity contribution in [3.8, 4) is 0 Å². The Morgan fingerprint density at radius 3 is 2.50 bits per heavy atom. The van der Waals surface area contributed by atoms with Crippen LogP contribution >= 0.6 is 0 Å². The quantitative estimate of drug-likeness (QED) is 0.678. The van der Waals surface area contributed by atoms with E-state index >= 15 is 0 Å². The van der Waals surface area contributed by atoms with E-state index in [9.17, 15) is 4.79 Å². The number of piperidine rings is 1. The maximum atomic E-state index is 11.1. The van der Waals surface area contributed by atoms with Crippen molar-refractivity contribution in [2.24, 2.45) is 5.41 Å². The molecule has 14 heavy (non-hydrogen) atoms. The van der Waals surface area contributed by atoms with E-state index in [-0.39, 0.29) is 0 Å². The van der Waals surface area contributed by atoms with Gasteiger partial charge in [0.15, 0.2) is 0 Å². The van der Waals surface area contributed by atoms with Crippen molar-refractivity contribution in [3.05, 3.63) is 0 Å². The molecule has 0 aromatic carbocycles. The summed E-state index contributed by atoms with van der Waals surface area (Å²) in [4.78, 5) is 13.5. The number of rotatable bonds is 2. The van der Waals surface area contributed by atoms with Crippen LogP contribution in [0.3, 0.4) is 0 Å². The Labute approximate surface area is 87.7 Å². The molecule has 1 rings (SSSR count). The number of nitrogens with zero attached hydrogens (tertiary/aromatic N) is 1. The Morgan fingerprint density at radius 2 is 2.00 bits per heavy atom. The largest absolute Gasteiger partial charge is 0.299 e. The summed E-state index contributed by atoms with van der Waals surface area (Å²) in [7, 11) is 0. The predicted octanol–water partition coefficient (Wildman–Crippen LogP) is 2.48. The highest BCUT2D eigenvalue weighted by Crippen LogP contribution is 2.31. The standard InChI is InChI=1S/C12H23NO/c1-10(14)9-13-8-6-5-7-11(13)12(2,3)4/h11H,5-9H2,1-4H3. The lowest BCUT2D eigenvalue weighted by Crippen LogP contribution is -2.48. The van der Waals surface area contributed by atoms with Gasteiger partial charge in [0, 0.05) is 6.04 Å². The summed E-state index contributed by atoms with van der Waals surface area (Å²) in [6.45, 7) is 10.3. The lowest BCUT2D eigenvalue weighted by atomic mass is 9.80. The molecule has 0 spiro atoms. The van der Waals surface area contributed by atoms with Gasteiger partial charge in [0.1, 0.15) is 5.78 Å². The van der Waals surface area contributed by atoms with Gasteiger partial charge in [-0.1, -0.05) is 27.2 Å². The minimum absolute atomic E-state index is 0.293. The molecule has 1 unspecified atom stereocenters. The summed E-state index contributed by atoms with van der Waals surface area (Å²) >= 11 is 0. The number of ketones is 1. The Morgan fingerprint density at radius 1 is 1.36 bits per heavy atom. The van der Waals surface area contributed by atoms with E-state index in [4.69, 9.17) is 0 Å². The third-order valence-electron chi connectivity index (χ3n) is 3.04. The first-order chi connectivity index (χ1) is 6.41. The van der Waals surface area contributed by atoms with E-state index < -0.39 is 0 Å². The fourth-order valence-corrected chi connectivity index (χ4v) is 2.45. The highest BCUT2D eigenvalue weighted by Gasteiger charge is 2.32. The summed E-state index contributed by atoms with van der Waals surface area (Å²) in [5, 5.41) is 0. The molecule has 1 fully saturated rings. The van der Waals surface area contributed by atoms with Crippen molar-refractivity contribution in [2.75, 3.05) is 13.1 Å². The van der Waals surface area contributed by atoms with Crippen LogP contribution < -0.4 is 0 Å². The summed E-state index contributed by atoms with van der Waals surface area (Å²) in [6.07, 6.45) is 3.81. The van der Waals surface area contributed by atoms with Gasteiger partial charge < -0.3 is 0 Å². The number of carbonyl (C=O) groups excluding carboxylic acids is 1. The number of hydrogen-bond donors (Lipinski definition) is 0. The first-order valence-electron chi connectivity index (χ1n) is 5.65. The van der Waals surface area contributed by atoms with E-state index in [1.54, 1.807) is 6.92 Å². The van der Waals surface area contributed by atoms with E-state index in [1.807, 2.05) is 0 Å². The molecule has 1 saturated heterocycles. The van der Waals surface area contributed by atoms with Crippen LogP contribution in [-0.2, 0) is 4.79 Å². The molecule has 0 bridgehead atoms. The molecule has 0 radical (unpaired) electrons. The highest BCUT2D eigenvalue weighted by atomic mass is 16.1. The lowest BCUT2D eigenvalue weighted by Gasteiger charge is -2.43. The third kappa shape index (κ3) is 3.09. The molecule has 2 nitrogen and oxygen atoms in total. The molecule has 1 atom stereocenters. The molecule has 0 aromatic heterocycles. The van der Waals surface area contributed by atoms with E-state index in [1.165, 1.54) is 19.3 Å². The molecule has 0 amide bonds. The SMILES string of the molecule is CC(=O)CN1CCCCC1C(C)(C)C. The number of carbonyl (C=O) groups is 1. The zero-order valence-corrected chi connectivity index (χ0v) is 9.97. The summed E-state index contributed by atoms with van der Waals surface area (Å²) in [6, 6.07) is 0.583. The van der Waals surface area contributed by atoms with Crippen molar-refractivity contribution in [1.82, 2.24) is 4.90 Å². The molecule has 0 aliphatic carbocycles. The Balaban J connectivity index is 2.64. The van der Waals surface area contributed by atoms with Crippen LogP contribution in [0.1, 0.15) is 47.0 Å². The van der Waals surface area contributed by atoms with Gasteiger partial charge in [-0.25, -0.2) is 0 Å². The monoisotopic (exact) mass is 197 g/mol. The molecule has 1 aliphatic heterocycles. The van der Waals surface area contributed by atoms with Crippen molar-refractivity contribution in [1.29, 1.82) is 0 Å². The maximum absolute atomic E-state index is 11.1. The van der Waals surface area contributed by atoms with Gasteiger partial charge in [0.05, 0.1) is 6.54 Å². The van der Waals surface area contributed by atoms with Crippen LogP contribution in [0.25, 0.3) is 0 Å². The van der Waals surface area contributed by atoms with Crippen LogP contribution in [-0.4, -0.2) is 29.8 Å². The molecule has 2 heteroatoms. The van der Waals surface area contributed by atoms with Crippen LogP contribution in [0.4, 0.5) is 0 Å². The normalized spacial score (nSPS) is 25.0. The van der Waals surface area contributed by atoms with E-state index in [0.29, 0.717) is 23.8 Å². The molecule has 82 valence electrons. The molecular formula is C12H23NO. The number of hydrogen-bond acceptors (Lipinski definition) is 2. The van der Waals surface area contributed by atoms with Crippen molar-refractivity contribution < 1.29 is 4.79 Å². The fourth-order valence-electron chi connectivity index (χ4n) is 2.45. The molecular weight excluding hydrogens is 174 g/mol. The summed E-state index contributed by atoms with van der Waals surface area (Å²) in [5.74, 6) is 0.293. The maximum Gasteiger partial charge on any atom is 0.143 e. The first kappa shape index (κ1) is 11.7. The smallest absolute Gasteiger partial charge is 0.143 e. The molecule has 0 aromatic rings. The number of likely N-dealkylation sites (tertiary alicyclic amines) is 1. The van der Waals surface area contributed by atoms with Gasteiger partial charge in [0.25, 0.3) is 0 Å². The zero-order chi connectivity index (χ0) is 10.8. The van der Waals surface area contributed by atoms with Gasteiger partial charge in [-0.2, -0.15) is 0 Å². The lowest BCUT2D eigenvalue weighted by molar-refractivity contribution is -0.119. The van der Waals surface area contributed by atoms with E-state index in [0.717, 1.165) is 6.54 Å². The third-order valence-corrected chi connectivity index (χ3v) is 3.04. The highest BCUT2D eigenvalue weighted by molar-refractivity contribution is 5.77. The zero-order valence-electron chi connectivity index (χ0n) is 9.97. The summed E-state index contributed by atoms with van der Waals surface area (Å²) < 4.78 is 0. The Bertz CT molecular complexity index is 205. The van der Waals surface area contributed by atoms with Crippen LogP contribution in [0, 0.1) is 5.41 Å². The van der Waals surface area contributed by atoms with Crippen molar-refractivity contribution in [3.63, 3.8) is 0 Å². The minimum Gasteiger partial charge on any atom is -0.299 e. The molecule has 1 aliphatic rings. The van der Waals surface area contributed by atoms with Gasteiger partial charge in [0.2, 0.25) is 0 Å². The van der Waals surface area contributed by atoms with Crippen LogP contribution in [0.15, 0.2) is 0 Å². The first-order valence-corrected chi connectivity index (χ1v) is 5.65. The second-order valence-electron chi connectivity index (χ2n) is 5.55. The fraction of sp³-hybridized carbons (Fsp3) is 0.917. The topological polar surface area (TPSA) is 20.3 Å². The minimum atomic E-state index is 0.293. The van der Waals surface area contributed by atoms with Crippen molar-refractivity contribution in [2.45, 2.75) is 53.0 Å². The average molecular weight is 197 g/mol. The second kappa shape index (κ2) is 4.43. The van der Waals surface area contributed by atoms with Gasteiger partial charge >= 0.3 is 0 Å². The Hall–Kier alpha value is -0.370. The number of Topliss-reactive ketones (excluding diaryl/α,β-unsaturated/α-hetero) is 1. The van der Waals surface area contributed by atoms with Gasteiger partial charge in [-0.05, 0) is 31.7 Å². The predicted molar refractivity (Wildman–Crippen MR) is 59.3 cm³/mol. The molecule has 0 N–H and O–H groups in total. The molecule has 1 heterocycles. The van der Waals surface area contributed by atoms with Crippen LogP contribution in [0.5, 0.6) is 0 Å². The van der Waals surface area contributed by atoms with Gasteiger partial charge in [-0.3, -0.25) is 9.69 Å². The van der Waals surface area contributed by atoms with Crippen LogP contribution in [0.2, 0.25) is 0 Å². The second-order valence-corrected chi connectivity index (χ2v) is 5.55. The van der Waals surface area contributed by atoms with Crippen molar-refractivity contribution >= 4 is 5.78 Å². The molecule has 0 saturated carbocycles. The average Bonchev–Trinajstić information content (AvgIpc) is 2.01. The summed E-state index contributed by atoms with van der Waals surface area (Å²) in [5.41, 5.74) is 0.301. The van der Waals surface area contributed by atoms with Gasteiger partial charge in [-0.15, -0.1) is 0 Å². The van der Waals surface area contributed by atoms with E-state index in [2.05, 4.69) is 25.7 Å².